The SMILES string of the molecule is CCCn1cc(C)c2cc(C)cc(C(=O)O)c21. The average molecular weight is 231 g/mol. The Balaban J connectivity index is 2.82. The molecule has 0 radical (unpaired) electrons. The molecule has 0 aliphatic heterocycles. The second kappa shape index (κ2) is 4.24. The van der Waals surface area contributed by atoms with Crippen molar-refractivity contribution in [3.05, 3.63) is 35.0 Å². The molecule has 90 valence electrons. The number of carboxylic acid groups (broad SMARTS) is 1. The highest BCUT2D eigenvalue weighted by atomic mass is 16.4. The molecule has 2 rings (SSSR count). The summed E-state index contributed by atoms with van der Waals surface area (Å²) in [4.78, 5) is 11.3. The lowest BCUT2D eigenvalue weighted by molar-refractivity contribution is 0.0698. The van der Waals surface area contributed by atoms with E-state index in [0.29, 0.717) is 5.56 Å². The van der Waals surface area contributed by atoms with E-state index in [1.807, 2.05) is 24.6 Å². The highest BCUT2D eigenvalue weighted by Crippen LogP contribution is 2.26. The molecular formula is C14H17NO2. The maximum Gasteiger partial charge on any atom is 0.337 e. The van der Waals surface area contributed by atoms with E-state index < -0.39 is 5.97 Å². The fourth-order valence-corrected chi connectivity index (χ4v) is 2.34. The summed E-state index contributed by atoms with van der Waals surface area (Å²) in [5.74, 6) is -0.853. The van der Waals surface area contributed by atoms with Gasteiger partial charge in [0, 0.05) is 18.1 Å². The number of aromatic nitrogens is 1. The third-order valence-electron chi connectivity index (χ3n) is 3.01. The van der Waals surface area contributed by atoms with E-state index in [1.165, 1.54) is 0 Å². The van der Waals surface area contributed by atoms with Gasteiger partial charge in [-0.1, -0.05) is 6.92 Å². The Morgan fingerprint density at radius 2 is 2.06 bits per heavy atom. The lowest BCUT2D eigenvalue weighted by atomic mass is 10.1. The summed E-state index contributed by atoms with van der Waals surface area (Å²) in [6, 6.07) is 3.81. The minimum Gasteiger partial charge on any atom is -0.478 e. The molecule has 2 aromatic rings. The molecule has 1 heterocycles. The molecule has 0 aliphatic rings. The van der Waals surface area contributed by atoms with E-state index in [1.54, 1.807) is 6.07 Å². The van der Waals surface area contributed by atoms with Crippen LogP contribution in [0.4, 0.5) is 0 Å². The van der Waals surface area contributed by atoms with Gasteiger partial charge in [0.1, 0.15) is 0 Å². The van der Waals surface area contributed by atoms with Crippen molar-refractivity contribution in [1.82, 2.24) is 4.57 Å². The van der Waals surface area contributed by atoms with Gasteiger partial charge in [-0.2, -0.15) is 0 Å². The Hall–Kier alpha value is -1.77. The number of hydrogen-bond donors (Lipinski definition) is 1. The van der Waals surface area contributed by atoms with Crippen molar-refractivity contribution in [3.8, 4) is 0 Å². The van der Waals surface area contributed by atoms with Gasteiger partial charge in [-0.25, -0.2) is 4.79 Å². The number of aryl methyl sites for hydroxylation is 3. The topological polar surface area (TPSA) is 42.2 Å². The summed E-state index contributed by atoms with van der Waals surface area (Å²) in [6.45, 7) is 6.91. The smallest absolute Gasteiger partial charge is 0.337 e. The largest absolute Gasteiger partial charge is 0.478 e. The molecular weight excluding hydrogens is 214 g/mol. The quantitative estimate of drug-likeness (QED) is 0.880. The highest BCUT2D eigenvalue weighted by molar-refractivity contribution is 6.03. The summed E-state index contributed by atoms with van der Waals surface area (Å²) in [5.41, 5.74) is 3.39. The summed E-state index contributed by atoms with van der Waals surface area (Å²) in [6.07, 6.45) is 3.04. The number of aromatic carboxylic acids is 1. The molecule has 17 heavy (non-hydrogen) atoms. The van der Waals surface area contributed by atoms with E-state index >= 15 is 0 Å². The molecule has 0 saturated heterocycles. The van der Waals surface area contributed by atoms with E-state index in [0.717, 1.165) is 35.0 Å². The van der Waals surface area contributed by atoms with Crippen LogP contribution in [-0.2, 0) is 6.54 Å². The highest BCUT2D eigenvalue weighted by Gasteiger charge is 2.15. The van der Waals surface area contributed by atoms with Crippen molar-refractivity contribution in [3.63, 3.8) is 0 Å². The van der Waals surface area contributed by atoms with Crippen molar-refractivity contribution in [2.24, 2.45) is 0 Å². The lowest BCUT2D eigenvalue weighted by Gasteiger charge is -2.07. The normalized spacial score (nSPS) is 11.0. The van der Waals surface area contributed by atoms with Crippen LogP contribution < -0.4 is 0 Å². The minimum atomic E-state index is -0.853. The number of rotatable bonds is 3. The standard InChI is InChI=1S/C14H17NO2/c1-4-5-15-8-10(3)11-6-9(2)7-12(13(11)15)14(16)17/h6-8H,4-5H2,1-3H3,(H,16,17). The fraction of sp³-hybridized carbons (Fsp3) is 0.357. The van der Waals surface area contributed by atoms with Gasteiger partial charge in [0.2, 0.25) is 0 Å². The molecule has 0 spiro atoms. The predicted octanol–water partition coefficient (Wildman–Crippen LogP) is 3.37. The summed E-state index contributed by atoms with van der Waals surface area (Å²) < 4.78 is 2.05. The van der Waals surface area contributed by atoms with Gasteiger partial charge >= 0.3 is 5.97 Å². The van der Waals surface area contributed by atoms with Crippen LogP contribution in [0.1, 0.15) is 34.8 Å². The van der Waals surface area contributed by atoms with Crippen LogP contribution in [0.3, 0.4) is 0 Å². The van der Waals surface area contributed by atoms with Gasteiger partial charge < -0.3 is 9.67 Å². The first kappa shape index (κ1) is 11.7. The summed E-state index contributed by atoms with van der Waals surface area (Å²) in [5, 5.41) is 10.3. The second-order valence-corrected chi connectivity index (χ2v) is 4.52. The zero-order valence-electron chi connectivity index (χ0n) is 10.4. The van der Waals surface area contributed by atoms with Gasteiger partial charge in [-0.15, -0.1) is 0 Å². The molecule has 1 N–H and O–H groups in total. The first-order valence-electron chi connectivity index (χ1n) is 5.88. The minimum absolute atomic E-state index is 0.404. The molecule has 1 aromatic heterocycles. The average Bonchev–Trinajstić information content (AvgIpc) is 2.55. The Labute approximate surface area is 101 Å². The predicted molar refractivity (Wildman–Crippen MR) is 68.7 cm³/mol. The van der Waals surface area contributed by atoms with Crippen molar-refractivity contribution in [2.45, 2.75) is 33.7 Å². The van der Waals surface area contributed by atoms with Crippen LogP contribution in [0, 0.1) is 13.8 Å². The van der Waals surface area contributed by atoms with Crippen LogP contribution in [0.15, 0.2) is 18.3 Å². The van der Waals surface area contributed by atoms with Crippen molar-refractivity contribution in [1.29, 1.82) is 0 Å². The summed E-state index contributed by atoms with van der Waals surface area (Å²) >= 11 is 0. The molecule has 3 heteroatoms. The fourth-order valence-electron chi connectivity index (χ4n) is 2.34. The Bertz CT molecular complexity index is 581. The molecule has 0 bridgehead atoms. The first-order valence-corrected chi connectivity index (χ1v) is 5.88. The zero-order valence-corrected chi connectivity index (χ0v) is 10.4. The number of carboxylic acids is 1. The molecule has 3 nitrogen and oxygen atoms in total. The third-order valence-corrected chi connectivity index (χ3v) is 3.01. The lowest BCUT2D eigenvalue weighted by Crippen LogP contribution is -2.03. The molecule has 0 fully saturated rings. The van der Waals surface area contributed by atoms with Crippen LogP contribution in [0.25, 0.3) is 10.9 Å². The van der Waals surface area contributed by atoms with Gasteiger partial charge in [-0.05, 0) is 43.5 Å². The van der Waals surface area contributed by atoms with E-state index in [-0.39, 0.29) is 0 Å². The van der Waals surface area contributed by atoms with Crippen LogP contribution in [0.5, 0.6) is 0 Å². The Kier molecular flexibility index (Phi) is 2.92. The van der Waals surface area contributed by atoms with Gasteiger partial charge in [0.05, 0.1) is 11.1 Å². The van der Waals surface area contributed by atoms with E-state index in [2.05, 4.69) is 13.0 Å². The van der Waals surface area contributed by atoms with Gasteiger partial charge in [0.15, 0.2) is 0 Å². The molecule has 1 aromatic carbocycles. The number of benzene rings is 1. The molecule has 0 amide bonds. The van der Waals surface area contributed by atoms with E-state index in [4.69, 9.17) is 0 Å². The Morgan fingerprint density at radius 3 is 2.65 bits per heavy atom. The number of nitrogens with zero attached hydrogens (tertiary/aromatic N) is 1. The Morgan fingerprint density at radius 1 is 1.35 bits per heavy atom. The van der Waals surface area contributed by atoms with Crippen LogP contribution in [0.2, 0.25) is 0 Å². The zero-order chi connectivity index (χ0) is 12.6. The van der Waals surface area contributed by atoms with Gasteiger partial charge in [0.25, 0.3) is 0 Å². The van der Waals surface area contributed by atoms with Gasteiger partial charge in [-0.3, -0.25) is 0 Å². The van der Waals surface area contributed by atoms with E-state index in [9.17, 15) is 9.90 Å². The van der Waals surface area contributed by atoms with Crippen molar-refractivity contribution >= 4 is 16.9 Å². The number of carbonyl (C=O) groups is 1. The van der Waals surface area contributed by atoms with Crippen LogP contribution >= 0.6 is 0 Å². The second-order valence-electron chi connectivity index (χ2n) is 4.52. The molecule has 0 aliphatic carbocycles. The first-order chi connectivity index (χ1) is 8.04. The molecule has 0 saturated carbocycles. The molecule has 0 unspecified atom stereocenters. The maximum absolute atomic E-state index is 11.3. The number of hydrogen-bond acceptors (Lipinski definition) is 1. The van der Waals surface area contributed by atoms with Crippen molar-refractivity contribution < 1.29 is 9.90 Å². The number of fused-ring (bicyclic) bond motifs is 1. The maximum atomic E-state index is 11.3. The van der Waals surface area contributed by atoms with Crippen molar-refractivity contribution in [2.75, 3.05) is 0 Å². The van der Waals surface area contributed by atoms with Crippen LogP contribution in [-0.4, -0.2) is 15.6 Å². The monoisotopic (exact) mass is 231 g/mol. The molecule has 0 atom stereocenters. The summed E-state index contributed by atoms with van der Waals surface area (Å²) in [7, 11) is 0. The third kappa shape index (κ3) is 1.93.